The summed E-state index contributed by atoms with van der Waals surface area (Å²) in [6.07, 6.45) is 1.73. The molecule has 0 unspecified atom stereocenters. The van der Waals surface area contributed by atoms with Crippen molar-refractivity contribution < 1.29 is 22.8 Å². The lowest BCUT2D eigenvalue weighted by Gasteiger charge is -2.42. The minimum absolute atomic E-state index is 0.00374. The largest absolute Gasteiger partial charge is 0.334 e. The summed E-state index contributed by atoms with van der Waals surface area (Å²) in [6.45, 7) is 1.62. The molecule has 0 saturated carbocycles. The van der Waals surface area contributed by atoms with Crippen LogP contribution in [0.5, 0.6) is 0 Å². The number of carbonyl (C=O) groups excluding carboxylic acids is 3. The third-order valence-corrected chi connectivity index (χ3v) is 7.11. The molecule has 9 nitrogen and oxygen atoms in total. The lowest BCUT2D eigenvalue weighted by atomic mass is 10.1. The molecule has 4 rings (SSSR count). The summed E-state index contributed by atoms with van der Waals surface area (Å²) in [5.41, 5.74) is 0.381. The van der Waals surface area contributed by atoms with Crippen molar-refractivity contribution in [3.63, 3.8) is 0 Å². The van der Waals surface area contributed by atoms with Crippen LogP contribution in [0, 0.1) is 0 Å². The number of sulfonamides is 1. The van der Waals surface area contributed by atoms with Crippen LogP contribution in [0.25, 0.3) is 0 Å². The number of hydrogen-bond acceptors (Lipinski definition) is 5. The monoisotopic (exact) mass is 392 g/mol. The zero-order chi connectivity index (χ0) is 19.2. The Bertz CT molecular complexity index is 870. The number of nitrogens with zero attached hydrogens (tertiary/aromatic N) is 3. The van der Waals surface area contributed by atoms with E-state index in [0.29, 0.717) is 18.7 Å². The normalized spacial score (nSPS) is 21.5. The first kappa shape index (κ1) is 17.9. The van der Waals surface area contributed by atoms with E-state index >= 15 is 0 Å². The van der Waals surface area contributed by atoms with Crippen LogP contribution >= 0.6 is 0 Å². The Balaban J connectivity index is 1.40. The lowest BCUT2D eigenvalue weighted by Crippen LogP contribution is -2.62. The highest BCUT2D eigenvalue weighted by Crippen LogP contribution is 2.23. The van der Waals surface area contributed by atoms with Gasteiger partial charge >= 0.3 is 6.03 Å². The highest BCUT2D eigenvalue weighted by molar-refractivity contribution is 7.89. The van der Waals surface area contributed by atoms with E-state index in [2.05, 4.69) is 5.32 Å². The third-order valence-electron chi connectivity index (χ3n) is 5.20. The number of amides is 4. The molecular weight excluding hydrogens is 372 g/mol. The van der Waals surface area contributed by atoms with E-state index in [1.54, 1.807) is 0 Å². The average Bonchev–Trinajstić information content (AvgIpc) is 3.26. The van der Waals surface area contributed by atoms with Crippen LogP contribution < -0.4 is 5.32 Å². The van der Waals surface area contributed by atoms with Crippen LogP contribution in [-0.4, -0.2) is 79.1 Å². The fourth-order valence-corrected chi connectivity index (χ4v) is 5.14. The number of hydrogen-bond donors (Lipinski definition) is 1. The second-order valence-corrected chi connectivity index (χ2v) is 8.86. The Morgan fingerprint density at radius 3 is 2.22 bits per heavy atom. The standard InChI is InChI=1S/C17H20N4O5S/c22-15-9-18-17(24)21(15)13-10-19(11-13)16(23)12-3-5-14(6-4-12)27(25,26)20-7-1-2-8-20/h3-6,13H,1-2,7-11H2,(H,18,24). The average molecular weight is 392 g/mol. The number of benzene rings is 1. The predicted molar refractivity (Wildman–Crippen MR) is 94.4 cm³/mol. The molecule has 10 heteroatoms. The number of likely N-dealkylation sites (tertiary alicyclic amines) is 1. The molecule has 0 radical (unpaired) electrons. The number of carbonyl (C=O) groups is 3. The number of urea groups is 1. The van der Waals surface area contributed by atoms with Gasteiger partial charge in [0.05, 0.1) is 17.5 Å². The summed E-state index contributed by atoms with van der Waals surface area (Å²) in [7, 11) is -3.51. The van der Waals surface area contributed by atoms with Crippen molar-refractivity contribution in [3.05, 3.63) is 29.8 Å². The van der Waals surface area contributed by atoms with Crippen molar-refractivity contribution in [2.45, 2.75) is 23.8 Å². The first-order valence-electron chi connectivity index (χ1n) is 8.87. The first-order valence-corrected chi connectivity index (χ1v) is 10.3. The fraction of sp³-hybridized carbons (Fsp3) is 0.471. The number of rotatable bonds is 4. The van der Waals surface area contributed by atoms with Gasteiger partial charge in [-0.25, -0.2) is 13.2 Å². The quantitative estimate of drug-likeness (QED) is 0.717. The van der Waals surface area contributed by atoms with Crippen LogP contribution in [0.4, 0.5) is 4.79 Å². The summed E-state index contributed by atoms with van der Waals surface area (Å²) in [4.78, 5) is 38.7. The van der Waals surface area contributed by atoms with E-state index in [9.17, 15) is 22.8 Å². The van der Waals surface area contributed by atoms with Crippen molar-refractivity contribution in [1.82, 2.24) is 19.4 Å². The molecule has 4 amide bonds. The van der Waals surface area contributed by atoms with Crippen molar-refractivity contribution in [3.8, 4) is 0 Å². The van der Waals surface area contributed by atoms with Crippen LogP contribution in [0.15, 0.2) is 29.2 Å². The van der Waals surface area contributed by atoms with E-state index in [0.717, 1.165) is 17.7 Å². The van der Waals surface area contributed by atoms with Gasteiger partial charge in [-0.1, -0.05) is 0 Å². The molecule has 3 aliphatic rings. The summed E-state index contributed by atoms with van der Waals surface area (Å²) < 4.78 is 26.5. The first-order chi connectivity index (χ1) is 12.9. The van der Waals surface area contributed by atoms with Gasteiger partial charge in [0.25, 0.3) is 5.91 Å². The Hall–Kier alpha value is -2.46. The van der Waals surface area contributed by atoms with Crippen LogP contribution in [0.1, 0.15) is 23.2 Å². The van der Waals surface area contributed by atoms with Gasteiger partial charge in [-0.2, -0.15) is 4.31 Å². The Kier molecular flexibility index (Phi) is 4.39. The van der Waals surface area contributed by atoms with Gasteiger partial charge in [0, 0.05) is 31.7 Å². The van der Waals surface area contributed by atoms with Crippen molar-refractivity contribution in [1.29, 1.82) is 0 Å². The maximum Gasteiger partial charge on any atom is 0.324 e. The highest BCUT2D eigenvalue weighted by atomic mass is 32.2. The van der Waals surface area contributed by atoms with Gasteiger partial charge in [-0.15, -0.1) is 0 Å². The molecule has 27 heavy (non-hydrogen) atoms. The molecule has 0 atom stereocenters. The topological polar surface area (TPSA) is 107 Å². The molecule has 0 aliphatic carbocycles. The lowest BCUT2D eigenvalue weighted by molar-refractivity contribution is -0.128. The molecule has 0 bridgehead atoms. The Morgan fingerprint density at radius 1 is 1.04 bits per heavy atom. The molecule has 3 aliphatic heterocycles. The molecule has 0 spiro atoms. The minimum atomic E-state index is -3.51. The molecule has 0 aromatic heterocycles. The third kappa shape index (κ3) is 3.08. The van der Waals surface area contributed by atoms with Crippen LogP contribution in [0.3, 0.4) is 0 Å². The zero-order valence-electron chi connectivity index (χ0n) is 14.6. The summed E-state index contributed by atoms with van der Waals surface area (Å²) >= 11 is 0. The summed E-state index contributed by atoms with van der Waals surface area (Å²) in [5.74, 6) is -0.531. The van der Waals surface area contributed by atoms with E-state index in [1.807, 2.05) is 0 Å². The van der Waals surface area contributed by atoms with Crippen molar-refractivity contribution >= 4 is 27.9 Å². The molecule has 3 heterocycles. The SMILES string of the molecule is O=C(c1ccc(S(=O)(=O)N2CCCC2)cc1)N1CC(N2C(=O)CNC2=O)C1. The summed E-state index contributed by atoms with van der Waals surface area (Å²) in [6, 6.07) is 5.19. The Morgan fingerprint density at radius 2 is 1.67 bits per heavy atom. The molecule has 1 aromatic rings. The molecule has 3 saturated heterocycles. The maximum atomic E-state index is 12.5. The molecule has 3 fully saturated rings. The molecular formula is C17H20N4O5S. The van der Waals surface area contributed by atoms with Gasteiger partial charge < -0.3 is 10.2 Å². The smallest absolute Gasteiger partial charge is 0.324 e. The molecule has 1 aromatic carbocycles. The van der Waals surface area contributed by atoms with Crippen molar-refractivity contribution in [2.75, 3.05) is 32.7 Å². The second kappa shape index (κ2) is 6.61. The molecule has 144 valence electrons. The number of nitrogens with one attached hydrogen (secondary N) is 1. The fourth-order valence-electron chi connectivity index (χ4n) is 3.62. The van der Waals surface area contributed by atoms with Gasteiger partial charge in [0.2, 0.25) is 15.9 Å². The van der Waals surface area contributed by atoms with E-state index in [-0.39, 0.29) is 42.4 Å². The van der Waals surface area contributed by atoms with Gasteiger partial charge in [-0.05, 0) is 37.1 Å². The van der Waals surface area contributed by atoms with E-state index in [1.165, 1.54) is 33.5 Å². The van der Waals surface area contributed by atoms with Crippen molar-refractivity contribution in [2.24, 2.45) is 0 Å². The summed E-state index contributed by atoms with van der Waals surface area (Å²) in [5, 5.41) is 2.46. The highest BCUT2D eigenvalue weighted by Gasteiger charge is 2.43. The maximum absolute atomic E-state index is 12.5. The minimum Gasteiger partial charge on any atom is -0.334 e. The predicted octanol–water partition coefficient (Wildman–Crippen LogP) is -0.153. The molecule has 1 N–H and O–H groups in total. The van der Waals surface area contributed by atoms with Gasteiger partial charge in [0.1, 0.15) is 0 Å². The van der Waals surface area contributed by atoms with Crippen LogP contribution in [0.2, 0.25) is 0 Å². The second-order valence-electron chi connectivity index (χ2n) is 6.92. The number of imide groups is 1. The van der Waals surface area contributed by atoms with Crippen LogP contribution in [-0.2, 0) is 14.8 Å². The zero-order valence-corrected chi connectivity index (χ0v) is 15.4. The van der Waals surface area contributed by atoms with Gasteiger partial charge in [0.15, 0.2) is 0 Å². The van der Waals surface area contributed by atoms with E-state index in [4.69, 9.17) is 0 Å². The van der Waals surface area contributed by atoms with E-state index < -0.39 is 16.1 Å². The Labute approximate surface area is 157 Å². The van der Waals surface area contributed by atoms with Gasteiger partial charge in [-0.3, -0.25) is 14.5 Å².